The molecule has 0 bridgehead atoms. The van der Waals surface area contributed by atoms with E-state index in [4.69, 9.17) is 9.47 Å². The molecule has 4 aromatic rings. The zero-order valence-electron chi connectivity index (χ0n) is 18.8. The second-order valence-corrected chi connectivity index (χ2v) is 9.09. The van der Waals surface area contributed by atoms with Crippen LogP contribution in [0.3, 0.4) is 0 Å². The molecular weight excluding hydrogens is 474 g/mol. The number of hydrogen-bond acceptors (Lipinski definition) is 8. The Balaban J connectivity index is 1.40. The molecule has 0 atom stereocenters. The van der Waals surface area contributed by atoms with Crippen LogP contribution in [0, 0.1) is 6.92 Å². The number of benzene rings is 1. The van der Waals surface area contributed by atoms with Crippen LogP contribution in [-0.4, -0.2) is 41.6 Å². The van der Waals surface area contributed by atoms with Gasteiger partial charge in [0.15, 0.2) is 11.5 Å². The van der Waals surface area contributed by atoms with E-state index in [1.165, 1.54) is 17.9 Å². The molecule has 2 amide bonds. The van der Waals surface area contributed by atoms with Gasteiger partial charge >= 0.3 is 6.03 Å². The standard InChI is InChI=1S/C23H23N5O4S2/c1-14-21(34-22(25-14)19-5-4-12-33-19)16-7-9-20(29)28(27-16)11-10-24-23(30)26-15-6-8-17(31-2)18(13-15)32-3/h4-9,12-13H,10-11H2,1-3H3,(H2,24,26,30). The first-order valence-corrected chi connectivity index (χ1v) is 12.0. The van der Waals surface area contributed by atoms with Gasteiger partial charge in [0.2, 0.25) is 0 Å². The van der Waals surface area contributed by atoms with Crippen LogP contribution < -0.4 is 25.7 Å². The van der Waals surface area contributed by atoms with Crippen molar-refractivity contribution in [2.45, 2.75) is 13.5 Å². The molecule has 0 aliphatic carbocycles. The lowest BCUT2D eigenvalue weighted by Crippen LogP contribution is -2.34. The molecule has 3 heterocycles. The van der Waals surface area contributed by atoms with Crippen molar-refractivity contribution in [3.8, 4) is 32.0 Å². The quantitative estimate of drug-likeness (QED) is 0.377. The Hall–Kier alpha value is -3.70. The Morgan fingerprint density at radius 1 is 1.12 bits per heavy atom. The van der Waals surface area contributed by atoms with Crippen LogP contribution in [0.1, 0.15) is 5.69 Å². The van der Waals surface area contributed by atoms with Gasteiger partial charge in [0, 0.05) is 24.4 Å². The van der Waals surface area contributed by atoms with E-state index in [1.54, 1.807) is 54.0 Å². The highest BCUT2D eigenvalue weighted by atomic mass is 32.1. The number of nitrogens with one attached hydrogen (secondary N) is 2. The molecule has 2 N–H and O–H groups in total. The summed E-state index contributed by atoms with van der Waals surface area (Å²) in [5.74, 6) is 1.07. The number of thiazole rings is 1. The minimum absolute atomic E-state index is 0.220. The first-order chi connectivity index (χ1) is 16.5. The maximum atomic E-state index is 12.3. The lowest BCUT2D eigenvalue weighted by Gasteiger charge is -2.12. The summed E-state index contributed by atoms with van der Waals surface area (Å²) in [4.78, 5) is 31.3. The van der Waals surface area contributed by atoms with E-state index >= 15 is 0 Å². The van der Waals surface area contributed by atoms with Gasteiger partial charge in [-0.05, 0) is 36.6 Å². The van der Waals surface area contributed by atoms with Crippen LogP contribution in [0.5, 0.6) is 11.5 Å². The van der Waals surface area contributed by atoms with E-state index in [9.17, 15) is 9.59 Å². The number of ether oxygens (including phenoxy) is 2. The summed E-state index contributed by atoms with van der Waals surface area (Å²) >= 11 is 3.17. The number of nitrogens with zero attached hydrogens (tertiary/aromatic N) is 3. The van der Waals surface area contributed by atoms with E-state index in [-0.39, 0.29) is 18.6 Å². The summed E-state index contributed by atoms with van der Waals surface area (Å²) in [6.45, 7) is 2.37. The van der Waals surface area contributed by atoms with Crippen molar-refractivity contribution in [3.63, 3.8) is 0 Å². The molecule has 34 heavy (non-hydrogen) atoms. The number of urea groups is 1. The molecule has 0 radical (unpaired) electrons. The fourth-order valence-electron chi connectivity index (χ4n) is 3.23. The summed E-state index contributed by atoms with van der Waals surface area (Å²) in [6.07, 6.45) is 0. The average molecular weight is 498 g/mol. The highest BCUT2D eigenvalue weighted by molar-refractivity contribution is 7.23. The van der Waals surface area contributed by atoms with Crippen molar-refractivity contribution in [1.82, 2.24) is 20.1 Å². The van der Waals surface area contributed by atoms with Crippen molar-refractivity contribution >= 4 is 34.4 Å². The van der Waals surface area contributed by atoms with Crippen LogP contribution in [0.15, 0.2) is 52.6 Å². The van der Waals surface area contributed by atoms with Gasteiger partial charge in [0.25, 0.3) is 5.56 Å². The third-order valence-corrected chi connectivity index (χ3v) is 7.10. The normalized spacial score (nSPS) is 10.7. The Bertz CT molecular complexity index is 1350. The number of methoxy groups -OCH3 is 2. The second-order valence-electron chi connectivity index (χ2n) is 7.14. The summed E-state index contributed by atoms with van der Waals surface area (Å²) in [6, 6.07) is 11.9. The van der Waals surface area contributed by atoms with Crippen LogP contribution in [0.2, 0.25) is 0 Å². The van der Waals surface area contributed by atoms with Crippen molar-refractivity contribution in [1.29, 1.82) is 0 Å². The number of carbonyl (C=O) groups is 1. The highest BCUT2D eigenvalue weighted by Crippen LogP contribution is 2.35. The molecule has 3 aromatic heterocycles. The summed E-state index contributed by atoms with van der Waals surface area (Å²) in [7, 11) is 3.07. The molecule has 1 aromatic carbocycles. The average Bonchev–Trinajstić information content (AvgIpc) is 3.50. The molecule has 0 aliphatic heterocycles. The number of thiophene rings is 1. The van der Waals surface area contributed by atoms with E-state index in [0.29, 0.717) is 22.9 Å². The Labute approximate surface area is 204 Å². The van der Waals surface area contributed by atoms with Crippen LogP contribution in [0.4, 0.5) is 10.5 Å². The maximum Gasteiger partial charge on any atom is 0.319 e. The van der Waals surface area contributed by atoms with Crippen molar-refractivity contribution in [2.24, 2.45) is 0 Å². The maximum absolute atomic E-state index is 12.3. The third kappa shape index (κ3) is 5.26. The fraction of sp³-hybridized carbons (Fsp3) is 0.217. The summed E-state index contributed by atoms with van der Waals surface area (Å²) < 4.78 is 11.8. The van der Waals surface area contributed by atoms with Gasteiger partial charge in [-0.15, -0.1) is 22.7 Å². The lowest BCUT2D eigenvalue weighted by molar-refractivity contribution is 0.251. The molecule has 0 saturated heterocycles. The number of aromatic nitrogens is 3. The number of rotatable bonds is 8. The van der Waals surface area contributed by atoms with E-state index in [2.05, 4.69) is 20.7 Å². The Morgan fingerprint density at radius 2 is 1.94 bits per heavy atom. The largest absolute Gasteiger partial charge is 0.493 e. The van der Waals surface area contributed by atoms with E-state index in [1.807, 2.05) is 24.4 Å². The first-order valence-electron chi connectivity index (χ1n) is 10.3. The number of hydrogen-bond donors (Lipinski definition) is 2. The van der Waals surface area contributed by atoms with Gasteiger partial charge < -0.3 is 20.1 Å². The van der Waals surface area contributed by atoms with Gasteiger partial charge in [-0.2, -0.15) is 5.10 Å². The number of anilines is 1. The fourth-order valence-corrected chi connectivity index (χ4v) is 5.06. The Morgan fingerprint density at radius 3 is 2.68 bits per heavy atom. The number of amides is 2. The minimum atomic E-state index is -0.407. The van der Waals surface area contributed by atoms with Crippen molar-refractivity contribution in [3.05, 3.63) is 63.9 Å². The predicted molar refractivity (Wildman–Crippen MR) is 134 cm³/mol. The topological polar surface area (TPSA) is 107 Å². The Kier molecular flexibility index (Phi) is 7.24. The molecule has 176 valence electrons. The van der Waals surface area contributed by atoms with Crippen LogP contribution in [0.25, 0.3) is 20.5 Å². The van der Waals surface area contributed by atoms with Gasteiger partial charge in [0.05, 0.1) is 36.2 Å². The van der Waals surface area contributed by atoms with E-state index in [0.717, 1.165) is 20.5 Å². The zero-order valence-corrected chi connectivity index (χ0v) is 20.5. The highest BCUT2D eigenvalue weighted by Gasteiger charge is 2.14. The summed E-state index contributed by atoms with van der Waals surface area (Å²) in [5.41, 5.74) is 1.84. The first kappa shape index (κ1) is 23.5. The van der Waals surface area contributed by atoms with Gasteiger partial charge in [-0.25, -0.2) is 14.5 Å². The second kappa shape index (κ2) is 10.5. The molecule has 0 fully saturated rings. The molecule has 9 nitrogen and oxygen atoms in total. The number of aryl methyl sites for hydroxylation is 1. The van der Waals surface area contributed by atoms with Crippen molar-refractivity contribution in [2.75, 3.05) is 26.1 Å². The lowest BCUT2D eigenvalue weighted by atomic mass is 10.3. The molecule has 0 aliphatic rings. The third-order valence-electron chi connectivity index (χ3n) is 4.88. The molecule has 0 saturated carbocycles. The molecular formula is C23H23N5O4S2. The summed E-state index contributed by atoms with van der Waals surface area (Å²) in [5, 5.41) is 12.9. The SMILES string of the molecule is COc1ccc(NC(=O)NCCn2nc(-c3sc(-c4cccs4)nc3C)ccc2=O)cc1OC. The predicted octanol–water partition coefficient (Wildman–Crippen LogP) is 4.24. The van der Waals surface area contributed by atoms with Crippen LogP contribution in [-0.2, 0) is 6.54 Å². The molecule has 11 heteroatoms. The smallest absolute Gasteiger partial charge is 0.319 e. The zero-order chi connectivity index (χ0) is 24.1. The molecule has 0 spiro atoms. The van der Waals surface area contributed by atoms with Gasteiger partial charge in [-0.1, -0.05) is 6.07 Å². The van der Waals surface area contributed by atoms with E-state index < -0.39 is 6.03 Å². The van der Waals surface area contributed by atoms with Crippen LogP contribution >= 0.6 is 22.7 Å². The molecule has 4 rings (SSSR count). The van der Waals surface area contributed by atoms with Crippen molar-refractivity contribution < 1.29 is 14.3 Å². The number of carbonyl (C=O) groups excluding carboxylic acids is 1. The monoisotopic (exact) mass is 497 g/mol. The van der Waals surface area contributed by atoms with Gasteiger partial charge in [-0.3, -0.25) is 4.79 Å². The van der Waals surface area contributed by atoms with Gasteiger partial charge in [0.1, 0.15) is 10.7 Å². The minimum Gasteiger partial charge on any atom is -0.493 e. The molecule has 0 unspecified atom stereocenters.